The fraction of sp³-hybridized carbons (Fsp3) is 0.360. The molecule has 0 bridgehead atoms. The van der Waals surface area contributed by atoms with Crippen LogP contribution in [-0.2, 0) is 18.5 Å². The average molecular weight is 504 g/mol. The van der Waals surface area contributed by atoms with Gasteiger partial charge in [-0.1, -0.05) is 35.9 Å². The van der Waals surface area contributed by atoms with Crippen LogP contribution >= 0.6 is 10.8 Å². The van der Waals surface area contributed by atoms with Gasteiger partial charge in [0, 0.05) is 35.9 Å². The SMILES string of the molecule is Cc1ccc(S(=O)(=O)SC2CCN(C(C(=O)C3CC3)c3ccccc3F)C/C2=C/C(=O)O)cc1. The predicted octanol–water partition coefficient (Wildman–Crippen LogP) is 4.36. The molecule has 1 aliphatic carbocycles. The minimum Gasteiger partial charge on any atom is -0.478 e. The number of piperidine rings is 1. The summed E-state index contributed by atoms with van der Waals surface area (Å²) < 4.78 is 40.7. The highest BCUT2D eigenvalue weighted by atomic mass is 33.1. The number of halogens is 1. The molecule has 0 aromatic heterocycles. The van der Waals surface area contributed by atoms with E-state index in [-0.39, 0.29) is 28.7 Å². The molecule has 1 saturated heterocycles. The van der Waals surface area contributed by atoms with E-state index in [0.29, 0.717) is 18.5 Å². The van der Waals surface area contributed by atoms with Gasteiger partial charge in [0.2, 0.25) is 8.87 Å². The molecule has 180 valence electrons. The summed E-state index contributed by atoms with van der Waals surface area (Å²) in [7, 11) is -3.00. The van der Waals surface area contributed by atoms with Crippen LogP contribution in [0.2, 0.25) is 0 Å². The first-order valence-corrected chi connectivity index (χ1v) is 14.0. The van der Waals surface area contributed by atoms with Crippen molar-refractivity contribution in [1.82, 2.24) is 4.90 Å². The fourth-order valence-electron chi connectivity index (χ4n) is 4.24. The molecule has 2 atom stereocenters. The lowest BCUT2D eigenvalue weighted by Crippen LogP contribution is -2.43. The first kappa shape index (κ1) is 24.6. The second-order valence-electron chi connectivity index (χ2n) is 8.77. The third-order valence-corrected chi connectivity index (χ3v) is 10.1. The Morgan fingerprint density at radius 1 is 1.12 bits per heavy atom. The molecule has 0 radical (unpaired) electrons. The normalized spacial score (nSPS) is 21.4. The van der Waals surface area contributed by atoms with E-state index in [1.165, 1.54) is 18.2 Å². The van der Waals surface area contributed by atoms with Gasteiger partial charge in [0.1, 0.15) is 5.82 Å². The van der Waals surface area contributed by atoms with Crippen LogP contribution in [-0.4, -0.2) is 48.5 Å². The zero-order valence-corrected chi connectivity index (χ0v) is 20.3. The van der Waals surface area contributed by atoms with Crippen molar-refractivity contribution in [1.29, 1.82) is 0 Å². The van der Waals surface area contributed by atoms with Crippen LogP contribution in [0.5, 0.6) is 0 Å². The van der Waals surface area contributed by atoms with Gasteiger partial charge >= 0.3 is 5.97 Å². The van der Waals surface area contributed by atoms with Crippen LogP contribution in [0.15, 0.2) is 65.1 Å². The first-order chi connectivity index (χ1) is 16.2. The lowest BCUT2D eigenvalue weighted by atomic mass is 9.93. The second kappa shape index (κ2) is 10.0. The zero-order chi connectivity index (χ0) is 24.5. The third kappa shape index (κ3) is 5.59. The number of aryl methyl sites for hydroxylation is 1. The molecule has 0 amide bonds. The number of hydrogen-bond acceptors (Lipinski definition) is 6. The number of benzene rings is 2. The van der Waals surface area contributed by atoms with Gasteiger partial charge in [-0.25, -0.2) is 17.6 Å². The molecule has 34 heavy (non-hydrogen) atoms. The van der Waals surface area contributed by atoms with Gasteiger partial charge in [0.25, 0.3) is 0 Å². The summed E-state index contributed by atoms with van der Waals surface area (Å²) in [6.07, 6.45) is 2.87. The van der Waals surface area contributed by atoms with Crippen molar-refractivity contribution in [3.05, 3.63) is 77.1 Å². The Bertz CT molecular complexity index is 1220. The quantitative estimate of drug-likeness (QED) is 0.423. The predicted molar refractivity (Wildman–Crippen MR) is 129 cm³/mol. The van der Waals surface area contributed by atoms with Crippen molar-refractivity contribution in [2.45, 2.75) is 42.4 Å². The van der Waals surface area contributed by atoms with Crippen molar-refractivity contribution < 1.29 is 27.5 Å². The van der Waals surface area contributed by atoms with Crippen LogP contribution in [0.25, 0.3) is 0 Å². The molecule has 6 nitrogen and oxygen atoms in total. The topological polar surface area (TPSA) is 91.8 Å². The van der Waals surface area contributed by atoms with Crippen LogP contribution in [0.3, 0.4) is 0 Å². The number of hydrogen-bond donors (Lipinski definition) is 1. The Hall–Kier alpha value is -2.49. The molecular formula is C25H26FNO5S2. The molecule has 4 rings (SSSR count). The number of rotatable bonds is 8. The van der Waals surface area contributed by atoms with E-state index in [9.17, 15) is 27.5 Å². The Kier molecular flexibility index (Phi) is 7.25. The number of carbonyl (C=O) groups excluding carboxylic acids is 1. The maximum Gasteiger partial charge on any atom is 0.328 e. The van der Waals surface area contributed by atoms with E-state index in [4.69, 9.17) is 0 Å². The van der Waals surface area contributed by atoms with E-state index >= 15 is 0 Å². The third-order valence-electron chi connectivity index (χ3n) is 6.15. The number of Topliss-reactive ketones (excluding diaryl/α,β-unsaturated/α-hetero) is 1. The molecule has 0 spiro atoms. The molecule has 2 aromatic carbocycles. The lowest BCUT2D eigenvalue weighted by molar-refractivity contribution is -0.131. The monoisotopic (exact) mass is 503 g/mol. The Morgan fingerprint density at radius 3 is 2.41 bits per heavy atom. The smallest absolute Gasteiger partial charge is 0.328 e. The molecule has 1 heterocycles. The second-order valence-corrected chi connectivity index (χ2v) is 12.8. The number of carboxylic acids is 1. The number of aliphatic carboxylic acids is 1. The molecule has 9 heteroatoms. The van der Waals surface area contributed by atoms with Crippen molar-refractivity contribution in [2.24, 2.45) is 5.92 Å². The maximum atomic E-state index is 14.7. The number of carbonyl (C=O) groups is 2. The molecule has 2 fully saturated rings. The standard InChI is InChI=1S/C25H26FNO5S2/c1-16-6-10-19(11-7-16)34(31,32)33-22-12-13-27(15-18(22)14-23(28)29)24(25(30)17-8-9-17)20-4-2-3-5-21(20)26/h2-7,10-11,14,17,22,24H,8-9,12-13,15H2,1H3,(H,28,29)/b18-14-. The molecule has 2 aliphatic rings. The molecule has 2 aromatic rings. The van der Waals surface area contributed by atoms with E-state index in [1.807, 2.05) is 6.92 Å². The summed E-state index contributed by atoms with van der Waals surface area (Å²) in [5.41, 5.74) is 1.60. The maximum absolute atomic E-state index is 14.7. The van der Waals surface area contributed by atoms with Gasteiger partial charge in [-0.15, -0.1) is 0 Å². The molecular weight excluding hydrogens is 477 g/mol. The molecule has 1 aliphatic heterocycles. The lowest BCUT2D eigenvalue weighted by Gasteiger charge is -2.38. The molecule has 2 unspecified atom stereocenters. The van der Waals surface area contributed by atoms with Crippen molar-refractivity contribution in [3.8, 4) is 0 Å². The fourth-order valence-corrected chi connectivity index (χ4v) is 7.84. The van der Waals surface area contributed by atoms with E-state index < -0.39 is 31.9 Å². The van der Waals surface area contributed by atoms with Gasteiger partial charge < -0.3 is 5.11 Å². The number of likely N-dealkylation sites (tertiary alicyclic amines) is 1. The van der Waals surface area contributed by atoms with Crippen LogP contribution in [0, 0.1) is 18.7 Å². The number of nitrogens with zero attached hydrogens (tertiary/aromatic N) is 1. The Morgan fingerprint density at radius 2 is 1.79 bits per heavy atom. The highest BCUT2D eigenvalue weighted by Crippen LogP contribution is 2.41. The van der Waals surface area contributed by atoms with Gasteiger partial charge in [0.05, 0.1) is 10.9 Å². The molecule has 1 N–H and O–H groups in total. The van der Waals surface area contributed by atoms with Gasteiger partial charge in [0.15, 0.2) is 5.78 Å². The highest BCUT2D eigenvalue weighted by molar-refractivity contribution is 8.72. The van der Waals surface area contributed by atoms with Gasteiger partial charge in [-0.3, -0.25) is 9.69 Å². The first-order valence-electron chi connectivity index (χ1n) is 11.1. The number of ketones is 1. The highest BCUT2D eigenvalue weighted by Gasteiger charge is 2.42. The van der Waals surface area contributed by atoms with E-state index in [1.54, 1.807) is 35.2 Å². The van der Waals surface area contributed by atoms with Crippen molar-refractivity contribution in [3.63, 3.8) is 0 Å². The average Bonchev–Trinajstić information content (AvgIpc) is 3.62. The minimum absolute atomic E-state index is 0.0712. The number of carboxylic acid groups (broad SMARTS) is 1. The van der Waals surface area contributed by atoms with Gasteiger partial charge in [-0.05, 0) is 60.8 Å². The van der Waals surface area contributed by atoms with E-state index in [0.717, 1.165) is 35.3 Å². The summed E-state index contributed by atoms with van der Waals surface area (Å²) in [4.78, 5) is 26.7. The summed E-state index contributed by atoms with van der Waals surface area (Å²) in [6, 6.07) is 11.8. The van der Waals surface area contributed by atoms with Crippen LogP contribution in [0.4, 0.5) is 4.39 Å². The zero-order valence-electron chi connectivity index (χ0n) is 18.7. The molecule has 1 saturated carbocycles. The largest absolute Gasteiger partial charge is 0.478 e. The Labute approximate surface area is 202 Å². The van der Waals surface area contributed by atoms with Crippen LogP contribution in [0.1, 0.15) is 36.4 Å². The van der Waals surface area contributed by atoms with Crippen molar-refractivity contribution in [2.75, 3.05) is 13.1 Å². The van der Waals surface area contributed by atoms with Crippen LogP contribution < -0.4 is 0 Å². The summed E-state index contributed by atoms with van der Waals surface area (Å²) in [5.74, 6) is -1.86. The summed E-state index contributed by atoms with van der Waals surface area (Å²) in [5, 5.41) is 8.86. The summed E-state index contributed by atoms with van der Waals surface area (Å²) in [6.45, 7) is 2.28. The summed E-state index contributed by atoms with van der Waals surface area (Å²) >= 11 is 0. The Balaban J connectivity index is 1.61. The van der Waals surface area contributed by atoms with Gasteiger partial charge in [-0.2, -0.15) is 0 Å². The van der Waals surface area contributed by atoms with Crippen molar-refractivity contribution >= 4 is 31.4 Å². The van der Waals surface area contributed by atoms with E-state index in [2.05, 4.69) is 0 Å². The minimum atomic E-state index is -3.72.